The molecule has 2 rings (SSSR count). The fraction of sp³-hybridized carbons (Fsp3) is 0.647. The van der Waals surface area contributed by atoms with Gasteiger partial charge in [-0.15, -0.1) is 0 Å². The van der Waals surface area contributed by atoms with Gasteiger partial charge in [0.1, 0.15) is 0 Å². The summed E-state index contributed by atoms with van der Waals surface area (Å²) in [6, 6.07) is 8.15. The molecule has 0 aromatic heterocycles. The second kappa shape index (κ2) is 7.06. The highest BCUT2D eigenvalue weighted by atomic mass is 16.5. The SMILES string of the molecule is CCC1CCCCC1C(O)c1ccccc1COC. The van der Waals surface area contributed by atoms with E-state index in [1.807, 2.05) is 12.1 Å². The van der Waals surface area contributed by atoms with E-state index in [9.17, 15) is 5.11 Å². The highest BCUT2D eigenvalue weighted by molar-refractivity contribution is 5.29. The zero-order chi connectivity index (χ0) is 13.7. The Hall–Kier alpha value is -0.860. The normalized spacial score (nSPS) is 25.2. The molecule has 1 N–H and O–H groups in total. The van der Waals surface area contributed by atoms with Crippen molar-refractivity contribution in [3.8, 4) is 0 Å². The first kappa shape index (κ1) is 14.5. The molecule has 3 unspecified atom stereocenters. The van der Waals surface area contributed by atoms with Crippen molar-refractivity contribution in [2.24, 2.45) is 11.8 Å². The lowest BCUT2D eigenvalue weighted by molar-refractivity contribution is 0.0432. The number of methoxy groups -OCH3 is 1. The fourth-order valence-corrected chi connectivity index (χ4v) is 3.50. The summed E-state index contributed by atoms with van der Waals surface area (Å²) in [5.41, 5.74) is 2.19. The van der Waals surface area contributed by atoms with Gasteiger partial charge in [0, 0.05) is 7.11 Å². The van der Waals surface area contributed by atoms with Crippen molar-refractivity contribution in [1.29, 1.82) is 0 Å². The largest absolute Gasteiger partial charge is 0.388 e. The summed E-state index contributed by atoms with van der Waals surface area (Å²) >= 11 is 0. The predicted octanol–water partition coefficient (Wildman–Crippen LogP) is 4.08. The number of aliphatic hydroxyl groups excluding tert-OH is 1. The Kier molecular flexibility index (Phi) is 5.41. The van der Waals surface area contributed by atoms with Crippen LogP contribution in [0.1, 0.15) is 56.3 Å². The maximum Gasteiger partial charge on any atom is 0.0824 e. The van der Waals surface area contributed by atoms with E-state index in [-0.39, 0.29) is 6.10 Å². The first-order valence-corrected chi connectivity index (χ1v) is 7.52. The van der Waals surface area contributed by atoms with Crippen LogP contribution in [0.5, 0.6) is 0 Å². The smallest absolute Gasteiger partial charge is 0.0824 e. The Balaban J connectivity index is 2.19. The molecule has 1 aliphatic rings. The topological polar surface area (TPSA) is 29.5 Å². The van der Waals surface area contributed by atoms with Crippen molar-refractivity contribution in [2.45, 2.75) is 51.7 Å². The maximum atomic E-state index is 10.8. The second-order valence-corrected chi connectivity index (χ2v) is 5.69. The van der Waals surface area contributed by atoms with Crippen LogP contribution in [-0.4, -0.2) is 12.2 Å². The number of benzene rings is 1. The highest BCUT2D eigenvalue weighted by Crippen LogP contribution is 2.41. The first-order valence-electron chi connectivity index (χ1n) is 7.52. The Morgan fingerprint density at radius 3 is 2.74 bits per heavy atom. The van der Waals surface area contributed by atoms with Crippen LogP contribution in [0.15, 0.2) is 24.3 Å². The van der Waals surface area contributed by atoms with Gasteiger partial charge in [0.15, 0.2) is 0 Å². The Morgan fingerprint density at radius 2 is 2.00 bits per heavy atom. The highest BCUT2D eigenvalue weighted by Gasteiger charge is 2.31. The molecule has 2 nitrogen and oxygen atoms in total. The van der Waals surface area contributed by atoms with Crippen LogP contribution in [-0.2, 0) is 11.3 Å². The summed E-state index contributed by atoms with van der Waals surface area (Å²) in [6.07, 6.45) is 5.84. The summed E-state index contributed by atoms with van der Waals surface area (Å²) in [5, 5.41) is 10.8. The van der Waals surface area contributed by atoms with E-state index in [4.69, 9.17) is 4.74 Å². The van der Waals surface area contributed by atoms with Gasteiger partial charge in [0.25, 0.3) is 0 Å². The van der Waals surface area contributed by atoms with Crippen molar-refractivity contribution in [1.82, 2.24) is 0 Å². The van der Waals surface area contributed by atoms with Gasteiger partial charge in [-0.25, -0.2) is 0 Å². The summed E-state index contributed by atoms with van der Waals surface area (Å²) < 4.78 is 5.25. The Labute approximate surface area is 116 Å². The van der Waals surface area contributed by atoms with Gasteiger partial charge in [-0.1, -0.05) is 56.9 Å². The molecule has 0 saturated heterocycles. The average Bonchev–Trinajstić information content (AvgIpc) is 2.47. The van der Waals surface area contributed by atoms with E-state index in [1.54, 1.807) is 7.11 Å². The molecule has 0 radical (unpaired) electrons. The molecule has 0 heterocycles. The minimum Gasteiger partial charge on any atom is -0.388 e. The van der Waals surface area contributed by atoms with Crippen LogP contribution >= 0.6 is 0 Å². The van der Waals surface area contributed by atoms with Gasteiger partial charge >= 0.3 is 0 Å². The molecule has 0 spiro atoms. The van der Waals surface area contributed by atoms with Crippen molar-refractivity contribution in [3.63, 3.8) is 0 Å². The zero-order valence-electron chi connectivity index (χ0n) is 12.1. The molecular weight excluding hydrogens is 236 g/mol. The monoisotopic (exact) mass is 262 g/mol. The van der Waals surface area contributed by atoms with Gasteiger partial charge in [-0.3, -0.25) is 0 Å². The molecule has 19 heavy (non-hydrogen) atoms. The molecule has 2 heteroatoms. The quantitative estimate of drug-likeness (QED) is 0.866. The van der Waals surface area contributed by atoms with Gasteiger partial charge in [-0.05, 0) is 29.4 Å². The fourth-order valence-electron chi connectivity index (χ4n) is 3.50. The third-order valence-electron chi connectivity index (χ3n) is 4.57. The average molecular weight is 262 g/mol. The molecule has 106 valence electrons. The Bertz CT molecular complexity index is 389. The third-order valence-corrected chi connectivity index (χ3v) is 4.57. The van der Waals surface area contributed by atoms with E-state index in [0.717, 1.165) is 17.5 Å². The molecule has 1 saturated carbocycles. The summed E-state index contributed by atoms with van der Waals surface area (Å²) in [7, 11) is 1.71. The number of rotatable bonds is 5. The first-order chi connectivity index (χ1) is 9.27. The minimum absolute atomic E-state index is 0.336. The van der Waals surface area contributed by atoms with E-state index in [0.29, 0.717) is 18.4 Å². The molecule has 3 atom stereocenters. The summed E-state index contributed by atoms with van der Waals surface area (Å²) in [4.78, 5) is 0. The third kappa shape index (κ3) is 3.37. The molecule has 1 aliphatic carbocycles. The van der Waals surface area contributed by atoms with Crippen molar-refractivity contribution < 1.29 is 9.84 Å². The van der Waals surface area contributed by atoms with Crippen LogP contribution in [0.4, 0.5) is 0 Å². The lowest BCUT2D eigenvalue weighted by atomic mass is 9.73. The summed E-state index contributed by atoms with van der Waals surface area (Å²) in [6.45, 7) is 2.83. The van der Waals surface area contributed by atoms with Gasteiger partial charge in [0.2, 0.25) is 0 Å². The summed E-state index contributed by atoms with van der Waals surface area (Å²) in [5.74, 6) is 1.08. The van der Waals surface area contributed by atoms with E-state index < -0.39 is 0 Å². The second-order valence-electron chi connectivity index (χ2n) is 5.69. The van der Waals surface area contributed by atoms with E-state index >= 15 is 0 Å². The van der Waals surface area contributed by atoms with Crippen LogP contribution in [0.3, 0.4) is 0 Å². The van der Waals surface area contributed by atoms with E-state index in [2.05, 4.69) is 19.1 Å². The molecule has 1 aromatic rings. The molecule has 1 fully saturated rings. The lowest BCUT2D eigenvalue weighted by Crippen LogP contribution is -2.26. The number of hydrogen-bond acceptors (Lipinski definition) is 2. The minimum atomic E-state index is -0.336. The zero-order valence-corrected chi connectivity index (χ0v) is 12.1. The van der Waals surface area contributed by atoms with Crippen molar-refractivity contribution in [2.75, 3.05) is 7.11 Å². The van der Waals surface area contributed by atoms with Gasteiger partial charge < -0.3 is 9.84 Å². The van der Waals surface area contributed by atoms with Crippen LogP contribution in [0, 0.1) is 11.8 Å². The predicted molar refractivity (Wildman–Crippen MR) is 77.9 cm³/mol. The Morgan fingerprint density at radius 1 is 1.26 bits per heavy atom. The number of ether oxygens (including phenoxy) is 1. The van der Waals surface area contributed by atoms with Gasteiger partial charge in [0.05, 0.1) is 12.7 Å². The number of aliphatic hydroxyl groups is 1. The molecular formula is C17H26O2. The van der Waals surface area contributed by atoms with Crippen LogP contribution in [0.2, 0.25) is 0 Å². The number of hydrogen-bond donors (Lipinski definition) is 1. The molecule has 0 aliphatic heterocycles. The standard InChI is InChI=1S/C17H26O2/c1-3-13-8-4-6-10-15(13)17(18)16-11-7-5-9-14(16)12-19-2/h5,7,9,11,13,15,17-18H,3-4,6,8,10,12H2,1-2H3. The van der Waals surface area contributed by atoms with Crippen LogP contribution in [0.25, 0.3) is 0 Å². The molecule has 0 bridgehead atoms. The molecule has 1 aromatic carbocycles. The lowest BCUT2D eigenvalue weighted by Gasteiger charge is -2.35. The van der Waals surface area contributed by atoms with E-state index in [1.165, 1.54) is 25.7 Å². The molecule has 0 amide bonds. The van der Waals surface area contributed by atoms with Crippen LogP contribution < -0.4 is 0 Å². The van der Waals surface area contributed by atoms with Crippen molar-refractivity contribution >= 4 is 0 Å². The maximum absolute atomic E-state index is 10.8. The van der Waals surface area contributed by atoms with Crippen molar-refractivity contribution in [3.05, 3.63) is 35.4 Å². The van der Waals surface area contributed by atoms with Gasteiger partial charge in [-0.2, -0.15) is 0 Å².